The van der Waals surface area contributed by atoms with Gasteiger partial charge in [-0.1, -0.05) is 39.3 Å². The molecule has 30 heavy (non-hydrogen) atoms. The molecule has 0 spiro atoms. The molecule has 2 unspecified atom stereocenters. The number of carbonyl (C=O) groups is 5. The Bertz CT molecular complexity index is 700. The molecule has 8 heteroatoms. The van der Waals surface area contributed by atoms with Gasteiger partial charge in [0, 0.05) is 31.6 Å². The molecule has 1 aliphatic carbocycles. The molecule has 0 radical (unpaired) electrons. The Balaban J connectivity index is 1.99. The number of hydrogen-bond donors (Lipinski definition) is 1. The van der Waals surface area contributed by atoms with Crippen LogP contribution in [0.5, 0.6) is 0 Å². The van der Waals surface area contributed by atoms with Crippen LogP contribution in [0.15, 0.2) is 12.2 Å². The molecule has 2 rings (SSSR count). The average Bonchev–Trinajstić information content (AvgIpc) is 3.22. The third-order valence-electron chi connectivity index (χ3n) is 5.95. The van der Waals surface area contributed by atoms with Crippen molar-refractivity contribution in [1.82, 2.24) is 10.4 Å². The van der Waals surface area contributed by atoms with Crippen LogP contribution in [0.2, 0.25) is 0 Å². The number of rotatable bonds is 10. The van der Waals surface area contributed by atoms with E-state index in [1.165, 1.54) is 0 Å². The van der Waals surface area contributed by atoms with Gasteiger partial charge in [-0.15, -0.1) is 5.06 Å². The molecule has 1 saturated heterocycles. The number of hydrogen-bond acceptors (Lipinski definition) is 6. The first-order chi connectivity index (χ1) is 14.3. The fraction of sp³-hybridized carbons (Fsp3) is 0.682. The maximum absolute atomic E-state index is 12.7. The third-order valence-corrected chi connectivity index (χ3v) is 5.95. The van der Waals surface area contributed by atoms with Gasteiger partial charge in [0.15, 0.2) is 0 Å². The van der Waals surface area contributed by atoms with Gasteiger partial charge in [-0.25, -0.2) is 4.79 Å². The standard InChI is InChI=1S/C22H32N2O6/c1-4-6-7-8-16-15(9-10-17(16)25)13-18(26)23-21(14(3)5-2)22(29)30-24-19(27)11-12-20(24)28/h6-7,14-16,21H,4-5,8-13H2,1-3H3,(H,23,26)/b7-6+/t14-,15?,16?,21-/m0/s1. The molecule has 166 valence electrons. The molecule has 4 atom stereocenters. The first-order valence-electron chi connectivity index (χ1n) is 10.8. The number of amides is 3. The highest BCUT2D eigenvalue weighted by Gasteiger charge is 2.38. The molecule has 0 bridgehead atoms. The maximum Gasteiger partial charge on any atom is 0.355 e. The Morgan fingerprint density at radius 3 is 2.40 bits per heavy atom. The van der Waals surface area contributed by atoms with Crippen molar-refractivity contribution in [2.75, 3.05) is 0 Å². The summed E-state index contributed by atoms with van der Waals surface area (Å²) >= 11 is 0. The number of nitrogens with one attached hydrogen (secondary N) is 1. The van der Waals surface area contributed by atoms with E-state index in [1.807, 2.05) is 26.0 Å². The molecule has 1 saturated carbocycles. The summed E-state index contributed by atoms with van der Waals surface area (Å²) in [5, 5.41) is 3.20. The lowest BCUT2D eigenvalue weighted by Gasteiger charge is -2.25. The molecule has 0 aromatic carbocycles. The second kappa shape index (κ2) is 11.0. The maximum atomic E-state index is 12.7. The summed E-state index contributed by atoms with van der Waals surface area (Å²) < 4.78 is 0. The summed E-state index contributed by atoms with van der Waals surface area (Å²) in [5.41, 5.74) is 0. The number of allylic oxidation sites excluding steroid dienone is 2. The van der Waals surface area contributed by atoms with Crippen molar-refractivity contribution in [2.24, 2.45) is 17.8 Å². The lowest BCUT2D eigenvalue weighted by atomic mass is 9.89. The zero-order valence-corrected chi connectivity index (χ0v) is 18.0. The zero-order valence-electron chi connectivity index (χ0n) is 18.0. The Hall–Kier alpha value is -2.51. The van der Waals surface area contributed by atoms with Crippen molar-refractivity contribution in [3.63, 3.8) is 0 Å². The average molecular weight is 421 g/mol. The van der Waals surface area contributed by atoms with Gasteiger partial charge in [-0.05, 0) is 31.1 Å². The predicted octanol–water partition coefficient (Wildman–Crippen LogP) is 2.47. The Kier molecular flexibility index (Phi) is 8.74. The summed E-state index contributed by atoms with van der Waals surface area (Å²) in [4.78, 5) is 65.9. The van der Waals surface area contributed by atoms with Gasteiger partial charge in [0.05, 0.1) is 0 Å². The van der Waals surface area contributed by atoms with Gasteiger partial charge in [0.2, 0.25) is 5.91 Å². The number of Topliss-reactive ketones (excluding diaryl/α,β-unsaturated/α-hetero) is 1. The molecule has 1 heterocycles. The smallest absolute Gasteiger partial charge is 0.342 e. The van der Waals surface area contributed by atoms with Gasteiger partial charge in [-0.3, -0.25) is 19.2 Å². The molecule has 1 aliphatic heterocycles. The zero-order chi connectivity index (χ0) is 22.3. The van der Waals surface area contributed by atoms with E-state index in [4.69, 9.17) is 4.84 Å². The molecular weight excluding hydrogens is 388 g/mol. The molecule has 8 nitrogen and oxygen atoms in total. The van der Waals surface area contributed by atoms with Gasteiger partial charge < -0.3 is 10.2 Å². The summed E-state index contributed by atoms with van der Waals surface area (Å²) in [6, 6.07) is -0.973. The highest BCUT2D eigenvalue weighted by atomic mass is 16.7. The van der Waals surface area contributed by atoms with E-state index >= 15 is 0 Å². The van der Waals surface area contributed by atoms with E-state index in [-0.39, 0.29) is 48.7 Å². The van der Waals surface area contributed by atoms with Crippen LogP contribution >= 0.6 is 0 Å². The SMILES string of the molecule is CC/C=C/CC1C(=O)CCC1CC(=O)N[C@H](C(=O)ON1C(=O)CCC1=O)[C@@H](C)CC. The van der Waals surface area contributed by atoms with Crippen LogP contribution in [0.3, 0.4) is 0 Å². The van der Waals surface area contributed by atoms with Crippen LogP contribution in [0.4, 0.5) is 0 Å². The van der Waals surface area contributed by atoms with Crippen LogP contribution in [0.25, 0.3) is 0 Å². The van der Waals surface area contributed by atoms with Crippen molar-refractivity contribution >= 4 is 29.5 Å². The van der Waals surface area contributed by atoms with Crippen molar-refractivity contribution in [3.8, 4) is 0 Å². The number of hydroxylamine groups is 2. The predicted molar refractivity (Wildman–Crippen MR) is 108 cm³/mol. The van der Waals surface area contributed by atoms with Crippen LogP contribution in [-0.2, 0) is 28.8 Å². The summed E-state index contributed by atoms with van der Waals surface area (Å²) in [5.74, 6) is -2.58. The molecule has 2 fully saturated rings. The lowest BCUT2D eigenvalue weighted by molar-refractivity contribution is -0.200. The van der Waals surface area contributed by atoms with Crippen molar-refractivity contribution in [2.45, 2.75) is 78.2 Å². The second-order valence-electron chi connectivity index (χ2n) is 8.11. The van der Waals surface area contributed by atoms with Crippen LogP contribution in [-0.4, -0.2) is 40.6 Å². The van der Waals surface area contributed by atoms with Gasteiger partial charge >= 0.3 is 5.97 Å². The highest BCUT2D eigenvalue weighted by Crippen LogP contribution is 2.34. The number of imide groups is 1. The minimum absolute atomic E-state index is 0.00997. The quantitative estimate of drug-likeness (QED) is 0.429. The number of nitrogens with zero attached hydrogens (tertiary/aromatic N) is 1. The Morgan fingerprint density at radius 1 is 1.13 bits per heavy atom. The minimum Gasteiger partial charge on any atom is -0.342 e. The number of ketones is 1. The second-order valence-corrected chi connectivity index (χ2v) is 8.11. The minimum atomic E-state index is -0.973. The van der Waals surface area contributed by atoms with Crippen LogP contribution in [0, 0.1) is 17.8 Å². The topological polar surface area (TPSA) is 110 Å². The molecule has 1 N–H and O–H groups in total. The monoisotopic (exact) mass is 420 g/mol. The highest BCUT2D eigenvalue weighted by molar-refractivity contribution is 6.02. The van der Waals surface area contributed by atoms with Gasteiger partial charge in [0.1, 0.15) is 11.8 Å². The summed E-state index contributed by atoms with van der Waals surface area (Å²) in [7, 11) is 0. The summed E-state index contributed by atoms with van der Waals surface area (Å²) in [6.45, 7) is 5.68. The first kappa shape index (κ1) is 23.8. The van der Waals surface area contributed by atoms with Crippen molar-refractivity contribution in [3.05, 3.63) is 12.2 Å². The fourth-order valence-electron chi connectivity index (χ4n) is 3.90. The molecule has 0 aromatic rings. The first-order valence-corrected chi connectivity index (χ1v) is 10.8. The fourth-order valence-corrected chi connectivity index (χ4v) is 3.90. The van der Waals surface area contributed by atoms with Crippen LogP contribution in [0.1, 0.15) is 72.1 Å². The Morgan fingerprint density at radius 2 is 1.80 bits per heavy atom. The third kappa shape index (κ3) is 6.00. The molecule has 0 aromatic heterocycles. The van der Waals surface area contributed by atoms with E-state index < -0.39 is 23.8 Å². The largest absolute Gasteiger partial charge is 0.355 e. The van der Waals surface area contributed by atoms with E-state index in [9.17, 15) is 24.0 Å². The number of carbonyl (C=O) groups excluding carboxylic acids is 5. The van der Waals surface area contributed by atoms with Crippen molar-refractivity contribution < 1.29 is 28.8 Å². The normalized spacial score (nSPS) is 23.8. The summed E-state index contributed by atoms with van der Waals surface area (Å²) in [6.07, 6.45) is 7.41. The van der Waals surface area contributed by atoms with E-state index in [2.05, 4.69) is 5.32 Å². The molecular formula is C22H32N2O6. The van der Waals surface area contributed by atoms with Gasteiger partial charge in [0.25, 0.3) is 11.8 Å². The Labute approximate surface area is 177 Å². The molecule has 2 aliphatic rings. The van der Waals surface area contributed by atoms with Crippen LogP contribution < -0.4 is 5.32 Å². The van der Waals surface area contributed by atoms with Gasteiger partial charge in [-0.2, -0.15) is 0 Å². The van der Waals surface area contributed by atoms with E-state index in [0.29, 0.717) is 30.7 Å². The van der Waals surface area contributed by atoms with Crippen molar-refractivity contribution in [1.29, 1.82) is 0 Å². The molecule has 3 amide bonds. The van der Waals surface area contributed by atoms with E-state index in [1.54, 1.807) is 6.92 Å². The lowest BCUT2D eigenvalue weighted by Crippen LogP contribution is -2.49. The van der Waals surface area contributed by atoms with E-state index in [0.717, 1.165) is 6.42 Å².